The zero-order valence-corrected chi connectivity index (χ0v) is 12.9. The third-order valence-electron chi connectivity index (χ3n) is 4.60. The predicted molar refractivity (Wildman–Crippen MR) is 90.4 cm³/mol. The second-order valence-electron chi connectivity index (χ2n) is 6.17. The summed E-state index contributed by atoms with van der Waals surface area (Å²) < 4.78 is 0. The van der Waals surface area contributed by atoms with Crippen LogP contribution in [0.3, 0.4) is 0 Å². The molecule has 116 valence electrons. The van der Waals surface area contributed by atoms with E-state index < -0.39 is 0 Å². The Hall–Kier alpha value is -2.62. The van der Waals surface area contributed by atoms with Gasteiger partial charge in [0.15, 0.2) is 0 Å². The highest BCUT2D eigenvalue weighted by Crippen LogP contribution is 2.21. The maximum atomic E-state index is 12.6. The molecule has 1 amide bonds. The lowest BCUT2D eigenvalue weighted by Gasteiger charge is -2.17. The number of nitrogens with one attached hydrogen (secondary N) is 2. The Balaban J connectivity index is 1.52. The molecule has 0 radical (unpaired) electrons. The van der Waals surface area contributed by atoms with E-state index in [0.29, 0.717) is 5.56 Å². The molecule has 0 aliphatic heterocycles. The van der Waals surface area contributed by atoms with E-state index in [9.17, 15) is 4.79 Å². The summed E-state index contributed by atoms with van der Waals surface area (Å²) in [7, 11) is 0. The molecule has 2 N–H and O–H groups in total. The molecule has 23 heavy (non-hydrogen) atoms. The molecule has 2 aromatic carbocycles. The zero-order chi connectivity index (χ0) is 15.6. The third-order valence-corrected chi connectivity index (χ3v) is 4.60. The predicted octanol–water partition coefficient (Wildman–Crippen LogP) is 3.24. The average Bonchev–Trinajstić information content (AvgIpc) is 2.94. The summed E-state index contributed by atoms with van der Waals surface area (Å²) >= 11 is 0. The minimum absolute atomic E-state index is 0.00844. The van der Waals surface area contributed by atoms with Gasteiger partial charge in [-0.3, -0.25) is 4.79 Å². The van der Waals surface area contributed by atoms with Crippen LogP contribution in [-0.2, 0) is 12.8 Å². The monoisotopic (exact) mass is 305 g/mol. The second kappa shape index (κ2) is 5.88. The van der Waals surface area contributed by atoms with Crippen molar-refractivity contribution in [2.75, 3.05) is 0 Å². The van der Waals surface area contributed by atoms with Crippen molar-refractivity contribution in [3.63, 3.8) is 0 Å². The van der Waals surface area contributed by atoms with Crippen molar-refractivity contribution in [2.45, 2.75) is 31.7 Å². The lowest BCUT2D eigenvalue weighted by atomic mass is 10.0. The van der Waals surface area contributed by atoms with Crippen molar-refractivity contribution in [2.24, 2.45) is 0 Å². The molecule has 0 unspecified atom stereocenters. The van der Waals surface area contributed by atoms with E-state index in [1.54, 1.807) is 6.33 Å². The van der Waals surface area contributed by atoms with Crippen LogP contribution in [0, 0.1) is 0 Å². The third kappa shape index (κ3) is 2.84. The van der Waals surface area contributed by atoms with Gasteiger partial charge in [0.05, 0.1) is 17.4 Å². The van der Waals surface area contributed by atoms with Crippen molar-refractivity contribution >= 4 is 16.9 Å². The van der Waals surface area contributed by atoms with E-state index in [0.717, 1.165) is 36.7 Å². The molecule has 1 aliphatic carbocycles. The van der Waals surface area contributed by atoms with Crippen LogP contribution in [0.1, 0.15) is 34.3 Å². The lowest BCUT2D eigenvalue weighted by Crippen LogP contribution is -2.36. The van der Waals surface area contributed by atoms with E-state index in [4.69, 9.17) is 0 Å². The standard InChI is InChI=1S/C19H19N3O/c23-19(15-8-9-17-18(11-15)21-12-20-17)22-16-7-3-6-13-4-1-2-5-14(13)10-16/h1-2,4-5,8-9,11-12,16H,3,6-7,10H2,(H,20,21)(H,22,23)/t16-/m0/s1. The molecular formula is C19H19N3O. The number of amides is 1. The Morgan fingerprint density at radius 1 is 1.17 bits per heavy atom. The summed E-state index contributed by atoms with van der Waals surface area (Å²) in [5, 5.41) is 3.20. The Bertz CT molecular complexity index is 852. The number of fused-ring (bicyclic) bond motifs is 2. The van der Waals surface area contributed by atoms with Crippen molar-refractivity contribution < 1.29 is 4.79 Å². The van der Waals surface area contributed by atoms with Crippen LogP contribution >= 0.6 is 0 Å². The summed E-state index contributed by atoms with van der Waals surface area (Å²) in [6.07, 6.45) is 5.79. The molecule has 4 nitrogen and oxygen atoms in total. The quantitative estimate of drug-likeness (QED) is 0.714. The molecule has 0 saturated carbocycles. The lowest BCUT2D eigenvalue weighted by molar-refractivity contribution is 0.0935. The van der Waals surface area contributed by atoms with Gasteiger partial charge in [0.2, 0.25) is 0 Å². The molecule has 1 aromatic heterocycles. The molecule has 0 spiro atoms. The number of carbonyl (C=O) groups is 1. The minimum atomic E-state index is -0.00844. The number of aromatic amines is 1. The molecule has 0 fully saturated rings. The van der Waals surface area contributed by atoms with E-state index >= 15 is 0 Å². The van der Waals surface area contributed by atoms with Gasteiger partial charge in [-0.15, -0.1) is 0 Å². The number of carbonyl (C=O) groups excluding carboxylic acids is 1. The van der Waals surface area contributed by atoms with E-state index in [-0.39, 0.29) is 11.9 Å². The van der Waals surface area contributed by atoms with Gasteiger partial charge >= 0.3 is 0 Å². The first-order valence-electron chi connectivity index (χ1n) is 8.10. The van der Waals surface area contributed by atoms with Crippen molar-refractivity contribution in [3.8, 4) is 0 Å². The highest BCUT2D eigenvalue weighted by atomic mass is 16.1. The van der Waals surface area contributed by atoms with Crippen LogP contribution in [0.25, 0.3) is 11.0 Å². The largest absolute Gasteiger partial charge is 0.349 e. The van der Waals surface area contributed by atoms with Crippen LogP contribution in [-0.4, -0.2) is 21.9 Å². The van der Waals surface area contributed by atoms with Crippen LogP contribution in [0.4, 0.5) is 0 Å². The summed E-state index contributed by atoms with van der Waals surface area (Å²) in [5.41, 5.74) is 5.23. The van der Waals surface area contributed by atoms with Gasteiger partial charge in [-0.1, -0.05) is 24.3 Å². The van der Waals surface area contributed by atoms with Gasteiger partial charge in [-0.2, -0.15) is 0 Å². The highest BCUT2D eigenvalue weighted by Gasteiger charge is 2.19. The number of aromatic nitrogens is 2. The number of H-pyrrole nitrogens is 1. The van der Waals surface area contributed by atoms with E-state index in [1.807, 2.05) is 18.2 Å². The molecule has 0 bridgehead atoms. The molecule has 0 saturated heterocycles. The molecule has 4 rings (SSSR count). The topological polar surface area (TPSA) is 57.8 Å². The molecule has 4 heteroatoms. The van der Waals surface area contributed by atoms with Gasteiger partial charge in [0.1, 0.15) is 0 Å². The van der Waals surface area contributed by atoms with E-state index in [1.165, 1.54) is 11.1 Å². The number of hydrogen-bond donors (Lipinski definition) is 2. The van der Waals surface area contributed by atoms with Crippen LogP contribution in [0.2, 0.25) is 0 Å². The Labute approximate surface area is 134 Å². The summed E-state index contributed by atoms with van der Waals surface area (Å²) in [6, 6.07) is 14.3. The van der Waals surface area contributed by atoms with Gasteiger partial charge in [0.25, 0.3) is 5.91 Å². The molecular weight excluding hydrogens is 286 g/mol. The summed E-state index contributed by atoms with van der Waals surface area (Å²) in [6.45, 7) is 0. The number of imidazole rings is 1. The minimum Gasteiger partial charge on any atom is -0.349 e. The molecule has 1 aliphatic rings. The first-order valence-corrected chi connectivity index (χ1v) is 8.10. The van der Waals surface area contributed by atoms with E-state index in [2.05, 4.69) is 39.6 Å². The van der Waals surface area contributed by atoms with Crippen molar-refractivity contribution in [1.82, 2.24) is 15.3 Å². The van der Waals surface area contributed by atoms with Crippen molar-refractivity contribution in [1.29, 1.82) is 0 Å². The van der Waals surface area contributed by atoms with Crippen LogP contribution in [0.5, 0.6) is 0 Å². The number of aryl methyl sites for hydroxylation is 1. The fourth-order valence-electron chi connectivity index (χ4n) is 3.38. The first-order chi connectivity index (χ1) is 11.3. The normalized spacial score (nSPS) is 17.5. The van der Waals surface area contributed by atoms with Crippen LogP contribution in [0.15, 0.2) is 48.8 Å². The SMILES string of the molecule is O=C(N[C@H]1CCCc2ccccc2C1)c1ccc2nc[nH]c2c1. The Kier molecular flexibility index (Phi) is 3.58. The summed E-state index contributed by atoms with van der Waals surface area (Å²) in [5.74, 6) is -0.00844. The smallest absolute Gasteiger partial charge is 0.251 e. The van der Waals surface area contributed by atoms with Gasteiger partial charge in [-0.25, -0.2) is 4.98 Å². The fourth-order valence-corrected chi connectivity index (χ4v) is 3.38. The maximum absolute atomic E-state index is 12.6. The van der Waals surface area contributed by atoms with Gasteiger partial charge in [0, 0.05) is 11.6 Å². The molecule has 3 aromatic rings. The summed E-state index contributed by atoms with van der Waals surface area (Å²) in [4.78, 5) is 19.8. The van der Waals surface area contributed by atoms with Gasteiger partial charge < -0.3 is 10.3 Å². The Morgan fingerprint density at radius 3 is 2.96 bits per heavy atom. The number of benzene rings is 2. The number of nitrogens with zero attached hydrogens (tertiary/aromatic N) is 1. The highest BCUT2D eigenvalue weighted by molar-refractivity contribution is 5.97. The van der Waals surface area contributed by atoms with Gasteiger partial charge in [-0.05, 0) is 55.0 Å². The number of rotatable bonds is 2. The average molecular weight is 305 g/mol. The Morgan fingerprint density at radius 2 is 2.04 bits per heavy atom. The zero-order valence-electron chi connectivity index (χ0n) is 12.9. The van der Waals surface area contributed by atoms with Crippen LogP contribution < -0.4 is 5.32 Å². The molecule has 1 heterocycles. The number of hydrogen-bond acceptors (Lipinski definition) is 2. The maximum Gasteiger partial charge on any atom is 0.251 e. The van der Waals surface area contributed by atoms with Crippen molar-refractivity contribution in [3.05, 3.63) is 65.5 Å². The fraction of sp³-hybridized carbons (Fsp3) is 0.263. The molecule has 1 atom stereocenters. The second-order valence-corrected chi connectivity index (χ2v) is 6.17. The first kappa shape index (κ1) is 14.0.